The zero-order chi connectivity index (χ0) is 12.4. The molecule has 0 radical (unpaired) electrons. The zero-order valence-corrected chi connectivity index (χ0v) is 9.64. The van der Waals surface area contributed by atoms with Crippen molar-refractivity contribution >= 4 is 5.70 Å². The number of nitrogens with one attached hydrogen (secondary N) is 1. The van der Waals surface area contributed by atoms with Gasteiger partial charge in [-0.2, -0.15) is 0 Å². The summed E-state index contributed by atoms with van der Waals surface area (Å²) < 4.78 is 12.8. The van der Waals surface area contributed by atoms with Crippen molar-refractivity contribution in [1.29, 1.82) is 0 Å². The van der Waals surface area contributed by atoms with Gasteiger partial charge in [0.2, 0.25) is 0 Å². The van der Waals surface area contributed by atoms with E-state index in [9.17, 15) is 4.39 Å². The van der Waals surface area contributed by atoms with Gasteiger partial charge in [-0.15, -0.1) is 0 Å². The minimum absolute atomic E-state index is 0.105. The molecule has 1 aliphatic rings. The Morgan fingerprint density at radius 2 is 1.67 bits per heavy atom. The van der Waals surface area contributed by atoms with Crippen molar-refractivity contribution in [3.05, 3.63) is 77.6 Å². The molecule has 3 heteroatoms. The number of halogens is 1. The van der Waals surface area contributed by atoms with Gasteiger partial charge < -0.3 is 0 Å². The van der Waals surface area contributed by atoms with Crippen LogP contribution in [0.25, 0.3) is 5.70 Å². The molecule has 0 saturated heterocycles. The van der Waals surface area contributed by atoms with E-state index in [4.69, 9.17) is 4.84 Å². The monoisotopic (exact) mass is 241 g/mol. The molecule has 0 bridgehead atoms. The fourth-order valence-electron chi connectivity index (χ4n) is 1.94. The van der Waals surface area contributed by atoms with Crippen LogP contribution in [0.1, 0.15) is 17.2 Å². The highest BCUT2D eigenvalue weighted by molar-refractivity contribution is 5.65. The third kappa shape index (κ3) is 2.13. The van der Waals surface area contributed by atoms with E-state index in [1.807, 2.05) is 36.4 Å². The molecule has 0 fully saturated rings. The topological polar surface area (TPSA) is 21.3 Å². The summed E-state index contributed by atoms with van der Waals surface area (Å²) in [6, 6.07) is 16.3. The lowest BCUT2D eigenvalue weighted by atomic mass is 10.1. The number of hydrogen-bond donors (Lipinski definition) is 1. The van der Waals surface area contributed by atoms with Crippen molar-refractivity contribution < 1.29 is 9.23 Å². The molecular formula is C15H12FNO. The third-order valence-electron chi connectivity index (χ3n) is 2.90. The van der Waals surface area contributed by atoms with Gasteiger partial charge in [-0.25, -0.2) is 4.39 Å². The minimum atomic E-state index is -0.238. The molecule has 0 aromatic heterocycles. The summed E-state index contributed by atoms with van der Waals surface area (Å²) in [6.07, 6.45) is 1.88. The van der Waals surface area contributed by atoms with Crippen LogP contribution in [-0.2, 0) is 4.84 Å². The van der Waals surface area contributed by atoms with Gasteiger partial charge >= 0.3 is 0 Å². The Bertz CT molecular complexity index is 563. The lowest BCUT2D eigenvalue weighted by Crippen LogP contribution is -2.07. The standard InChI is InChI=1S/C15H12FNO/c16-13-8-6-11(7-9-13)14-10-15(18-17-14)12-4-2-1-3-5-12/h1-10,15,17H. The first-order chi connectivity index (χ1) is 8.83. The summed E-state index contributed by atoms with van der Waals surface area (Å²) in [7, 11) is 0. The van der Waals surface area contributed by atoms with Crippen molar-refractivity contribution in [2.45, 2.75) is 6.10 Å². The van der Waals surface area contributed by atoms with Crippen molar-refractivity contribution in [2.75, 3.05) is 0 Å². The Hall–Kier alpha value is -2.13. The maximum Gasteiger partial charge on any atom is 0.131 e. The van der Waals surface area contributed by atoms with Gasteiger partial charge in [0.05, 0.1) is 5.70 Å². The molecule has 2 aromatic carbocycles. The summed E-state index contributed by atoms with van der Waals surface area (Å²) in [5, 5.41) is 0. The average molecular weight is 241 g/mol. The Morgan fingerprint density at radius 1 is 0.944 bits per heavy atom. The van der Waals surface area contributed by atoms with Gasteiger partial charge in [0.25, 0.3) is 0 Å². The van der Waals surface area contributed by atoms with E-state index in [-0.39, 0.29) is 11.9 Å². The predicted molar refractivity (Wildman–Crippen MR) is 67.8 cm³/mol. The molecule has 2 aromatic rings. The van der Waals surface area contributed by atoms with Crippen LogP contribution in [0.4, 0.5) is 4.39 Å². The van der Waals surface area contributed by atoms with Gasteiger partial charge in [0, 0.05) is 0 Å². The van der Waals surface area contributed by atoms with Gasteiger partial charge in [-0.1, -0.05) is 30.3 Å². The smallest absolute Gasteiger partial charge is 0.131 e. The maximum absolute atomic E-state index is 12.8. The van der Waals surface area contributed by atoms with Crippen molar-refractivity contribution in [3.63, 3.8) is 0 Å². The molecule has 0 spiro atoms. The van der Waals surface area contributed by atoms with E-state index < -0.39 is 0 Å². The Balaban J connectivity index is 1.86. The van der Waals surface area contributed by atoms with E-state index >= 15 is 0 Å². The summed E-state index contributed by atoms with van der Waals surface area (Å²) >= 11 is 0. The average Bonchev–Trinajstić information content (AvgIpc) is 2.90. The first-order valence-electron chi connectivity index (χ1n) is 5.77. The third-order valence-corrected chi connectivity index (χ3v) is 2.90. The van der Waals surface area contributed by atoms with E-state index in [1.165, 1.54) is 12.1 Å². The zero-order valence-electron chi connectivity index (χ0n) is 9.64. The molecule has 1 aliphatic heterocycles. The van der Waals surface area contributed by atoms with Gasteiger partial charge in [0.15, 0.2) is 0 Å². The summed E-state index contributed by atoms with van der Waals surface area (Å²) in [5.74, 6) is -0.238. The first kappa shape index (κ1) is 11.0. The number of hydrogen-bond acceptors (Lipinski definition) is 2. The molecule has 1 heterocycles. The Labute approximate surface area is 105 Å². The highest BCUT2D eigenvalue weighted by Gasteiger charge is 2.18. The van der Waals surface area contributed by atoms with Crippen LogP contribution in [0.3, 0.4) is 0 Å². The van der Waals surface area contributed by atoms with E-state index in [1.54, 1.807) is 12.1 Å². The molecule has 1 unspecified atom stereocenters. The summed E-state index contributed by atoms with van der Waals surface area (Å²) in [4.78, 5) is 5.50. The molecule has 2 nitrogen and oxygen atoms in total. The summed E-state index contributed by atoms with van der Waals surface area (Å²) in [6.45, 7) is 0. The fraction of sp³-hybridized carbons (Fsp3) is 0.0667. The Kier molecular flexibility index (Phi) is 2.82. The normalized spacial score (nSPS) is 18.3. The van der Waals surface area contributed by atoms with Crippen LogP contribution >= 0.6 is 0 Å². The highest BCUT2D eigenvalue weighted by Crippen LogP contribution is 2.28. The first-order valence-corrected chi connectivity index (χ1v) is 5.77. The predicted octanol–water partition coefficient (Wildman–Crippen LogP) is 3.44. The molecular weight excluding hydrogens is 229 g/mol. The Morgan fingerprint density at radius 3 is 2.39 bits per heavy atom. The molecule has 3 rings (SSSR count). The van der Waals surface area contributed by atoms with E-state index in [2.05, 4.69) is 5.48 Å². The fourth-order valence-corrected chi connectivity index (χ4v) is 1.94. The van der Waals surface area contributed by atoms with E-state index in [0.717, 1.165) is 16.8 Å². The van der Waals surface area contributed by atoms with Crippen molar-refractivity contribution in [3.8, 4) is 0 Å². The largest absolute Gasteiger partial charge is 0.266 e. The number of benzene rings is 2. The highest BCUT2D eigenvalue weighted by atomic mass is 19.1. The molecule has 0 amide bonds. The molecule has 90 valence electrons. The van der Waals surface area contributed by atoms with Crippen LogP contribution in [0.15, 0.2) is 60.7 Å². The van der Waals surface area contributed by atoms with Gasteiger partial charge in [-0.05, 0) is 41.5 Å². The van der Waals surface area contributed by atoms with Crippen LogP contribution in [-0.4, -0.2) is 0 Å². The van der Waals surface area contributed by atoms with Crippen molar-refractivity contribution in [2.24, 2.45) is 0 Å². The molecule has 18 heavy (non-hydrogen) atoms. The molecule has 1 atom stereocenters. The quantitative estimate of drug-likeness (QED) is 0.869. The van der Waals surface area contributed by atoms with Gasteiger partial charge in [0.1, 0.15) is 11.9 Å². The number of hydroxylamine groups is 1. The SMILES string of the molecule is Fc1ccc(C2=CC(c3ccccc3)ON2)cc1. The number of rotatable bonds is 2. The maximum atomic E-state index is 12.8. The molecule has 0 saturated carbocycles. The van der Waals surface area contributed by atoms with Crippen molar-refractivity contribution in [1.82, 2.24) is 5.48 Å². The summed E-state index contributed by atoms with van der Waals surface area (Å²) in [5.41, 5.74) is 5.74. The minimum Gasteiger partial charge on any atom is -0.266 e. The lowest BCUT2D eigenvalue weighted by Gasteiger charge is -2.06. The second-order valence-electron chi connectivity index (χ2n) is 4.14. The van der Waals surface area contributed by atoms with Crippen LogP contribution in [0.2, 0.25) is 0 Å². The van der Waals surface area contributed by atoms with Crippen LogP contribution in [0, 0.1) is 5.82 Å². The molecule has 0 aliphatic carbocycles. The molecule has 1 N–H and O–H groups in total. The second-order valence-corrected chi connectivity index (χ2v) is 4.14. The van der Waals surface area contributed by atoms with Crippen LogP contribution in [0.5, 0.6) is 0 Å². The van der Waals surface area contributed by atoms with E-state index in [0.29, 0.717) is 0 Å². The van der Waals surface area contributed by atoms with Gasteiger partial charge in [-0.3, -0.25) is 10.3 Å². The second kappa shape index (κ2) is 4.63. The lowest BCUT2D eigenvalue weighted by molar-refractivity contribution is 0.0511. The van der Waals surface area contributed by atoms with Crippen LogP contribution < -0.4 is 5.48 Å².